The minimum absolute atomic E-state index is 0.0634. The predicted octanol–water partition coefficient (Wildman–Crippen LogP) is 0.149. The topological polar surface area (TPSA) is 58.9 Å². The summed E-state index contributed by atoms with van der Waals surface area (Å²) in [6.07, 6.45) is 4.13. The summed E-state index contributed by atoms with van der Waals surface area (Å²) < 4.78 is 1.71. The molecule has 0 bridgehead atoms. The molecule has 0 aliphatic heterocycles. The third kappa shape index (κ3) is 3.71. The molecule has 5 heteroatoms. The molecule has 1 aromatic rings. The van der Waals surface area contributed by atoms with E-state index in [1.54, 1.807) is 24.1 Å². The maximum atomic E-state index is 11.6. The van der Waals surface area contributed by atoms with E-state index in [0.29, 0.717) is 12.2 Å². The van der Waals surface area contributed by atoms with E-state index in [1.165, 1.54) is 0 Å². The van der Waals surface area contributed by atoms with Crippen LogP contribution < -0.4 is 10.6 Å². The highest BCUT2D eigenvalue weighted by Crippen LogP contribution is 1.95. The van der Waals surface area contributed by atoms with E-state index in [2.05, 4.69) is 22.5 Å². The molecule has 0 atom stereocenters. The van der Waals surface area contributed by atoms with Crippen LogP contribution in [0.5, 0.6) is 0 Å². The molecule has 0 saturated heterocycles. The summed E-state index contributed by atoms with van der Waals surface area (Å²) >= 11 is 0. The van der Waals surface area contributed by atoms with E-state index in [9.17, 15) is 4.79 Å². The molecule has 1 aromatic heterocycles. The number of hydrogen-bond acceptors (Lipinski definition) is 3. The largest absolute Gasteiger partial charge is 0.351 e. The van der Waals surface area contributed by atoms with Crippen molar-refractivity contribution >= 4 is 5.91 Å². The van der Waals surface area contributed by atoms with E-state index >= 15 is 0 Å². The summed E-state index contributed by atoms with van der Waals surface area (Å²) in [5, 5.41) is 6.04. The number of hydrogen-bond donors (Lipinski definition) is 2. The number of aryl methyl sites for hydroxylation is 1. The van der Waals surface area contributed by atoms with Gasteiger partial charge in [0.05, 0.1) is 12.5 Å². The number of nitrogens with one attached hydrogen (secondary N) is 2. The van der Waals surface area contributed by atoms with Crippen molar-refractivity contribution < 1.29 is 4.79 Å². The molecule has 1 rings (SSSR count). The van der Waals surface area contributed by atoms with Gasteiger partial charge in [-0.05, 0) is 19.5 Å². The normalized spacial score (nSPS) is 10.3. The smallest absolute Gasteiger partial charge is 0.269 e. The summed E-state index contributed by atoms with van der Waals surface area (Å²) in [6, 6.07) is 0. The van der Waals surface area contributed by atoms with Crippen LogP contribution >= 0.6 is 0 Å². The fourth-order valence-corrected chi connectivity index (χ4v) is 1.26. The maximum absolute atomic E-state index is 11.6. The van der Waals surface area contributed by atoms with Gasteiger partial charge in [-0.3, -0.25) is 4.79 Å². The highest BCUT2D eigenvalue weighted by molar-refractivity contribution is 5.92. The van der Waals surface area contributed by atoms with Crippen LogP contribution in [-0.4, -0.2) is 35.1 Å². The molecule has 5 nitrogen and oxygen atoms in total. The lowest BCUT2D eigenvalue weighted by molar-refractivity contribution is 0.0945. The first kappa shape index (κ1) is 11.7. The van der Waals surface area contributed by atoms with Gasteiger partial charge < -0.3 is 15.2 Å². The van der Waals surface area contributed by atoms with Crippen LogP contribution in [0.4, 0.5) is 0 Å². The molecule has 15 heavy (non-hydrogen) atoms. The Morgan fingerprint density at radius 3 is 2.93 bits per heavy atom. The second kappa shape index (κ2) is 6.19. The highest BCUT2D eigenvalue weighted by atomic mass is 16.1. The standard InChI is InChI=1S/C10H18N4O/c1-3-11-5-4-6-13-10(15)9-7-12-8-14(9)2/h7-8,11H,3-6H2,1-2H3,(H,13,15). The number of carbonyl (C=O) groups is 1. The lowest BCUT2D eigenvalue weighted by atomic mass is 10.3. The molecule has 1 heterocycles. The van der Waals surface area contributed by atoms with Gasteiger partial charge >= 0.3 is 0 Å². The fraction of sp³-hybridized carbons (Fsp3) is 0.600. The molecule has 0 aromatic carbocycles. The molecule has 2 N–H and O–H groups in total. The van der Waals surface area contributed by atoms with Crippen LogP contribution in [0, 0.1) is 0 Å². The Labute approximate surface area is 89.9 Å². The summed E-state index contributed by atoms with van der Waals surface area (Å²) in [7, 11) is 1.81. The van der Waals surface area contributed by atoms with Gasteiger partial charge in [0.15, 0.2) is 0 Å². The number of aromatic nitrogens is 2. The Bertz CT molecular complexity index is 308. The van der Waals surface area contributed by atoms with E-state index in [1.807, 2.05) is 0 Å². The molecule has 0 aliphatic rings. The summed E-state index contributed by atoms with van der Waals surface area (Å²) in [5.74, 6) is -0.0634. The summed E-state index contributed by atoms with van der Waals surface area (Å²) in [4.78, 5) is 15.5. The van der Waals surface area contributed by atoms with E-state index in [4.69, 9.17) is 0 Å². The first-order valence-electron chi connectivity index (χ1n) is 5.21. The second-order valence-corrected chi connectivity index (χ2v) is 3.35. The van der Waals surface area contributed by atoms with Gasteiger partial charge in [-0.25, -0.2) is 4.98 Å². The number of imidazole rings is 1. The molecule has 84 valence electrons. The molecule has 0 aliphatic carbocycles. The van der Waals surface area contributed by atoms with Crippen molar-refractivity contribution in [3.63, 3.8) is 0 Å². The van der Waals surface area contributed by atoms with E-state index in [-0.39, 0.29) is 5.91 Å². The minimum atomic E-state index is -0.0634. The zero-order chi connectivity index (χ0) is 11.1. The van der Waals surface area contributed by atoms with Crippen molar-refractivity contribution in [2.75, 3.05) is 19.6 Å². The van der Waals surface area contributed by atoms with Crippen molar-refractivity contribution in [2.24, 2.45) is 7.05 Å². The molecule has 0 saturated carbocycles. The first-order chi connectivity index (χ1) is 7.25. The molecular weight excluding hydrogens is 192 g/mol. The molecule has 0 spiro atoms. The summed E-state index contributed by atoms with van der Waals surface area (Å²) in [5.41, 5.74) is 0.596. The number of rotatable bonds is 6. The Balaban J connectivity index is 2.22. The van der Waals surface area contributed by atoms with Crippen molar-refractivity contribution in [3.8, 4) is 0 Å². The zero-order valence-electron chi connectivity index (χ0n) is 9.29. The number of nitrogens with zero attached hydrogens (tertiary/aromatic N) is 2. The van der Waals surface area contributed by atoms with Crippen molar-refractivity contribution in [2.45, 2.75) is 13.3 Å². The fourth-order valence-electron chi connectivity index (χ4n) is 1.26. The van der Waals surface area contributed by atoms with Crippen molar-refractivity contribution in [3.05, 3.63) is 18.2 Å². The third-order valence-electron chi connectivity index (χ3n) is 2.12. The van der Waals surface area contributed by atoms with Crippen LogP contribution in [0.15, 0.2) is 12.5 Å². The molecule has 1 amide bonds. The van der Waals surface area contributed by atoms with Crippen LogP contribution in [0.3, 0.4) is 0 Å². The second-order valence-electron chi connectivity index (χ2n) is 3.35. The average molecular weight is 210 g/mol. The highest BCUT2D eigenvalue weighted by Gasteiger charge is 2.07. The summed E-state index contributed by atoms with van der Waals surface area (Å²) in [6.45, 7) is 4.66. The van der Waals surface area contributed by atoms with Crippen LogP contribution in [0.25, 0.3) is 0 Å². The lowest BCUT2D eigenvalue weighted by Gasteiger charge is -2.05. The van der Waals surface area contributed by atoms with Gasteiger partial charge in [-0.2, -0.15) is 0 Å². The van der Waals surface area contributed by atoms with Gasteiger partial charge in [-0.1, -0.05) is 6.92 Å². The Kier molecular flexibility index (Phi) is 4.83. The van der Waals surface area contributed by atoms with Gasteiger partial charge in [-0.15, -0.1) is 0 Å². The van der Waals surface area contributed by atoms with Gasteiger partial charge in [0, 0.05) is 13.6 Å². The van der Waals surface area contributed by atoms with Gasteiger partial charge in [0.1, 0.15) is 5.69 Å². The first-order valence-corrected chi connectivity index (χ1v) is 5.21. The average Bonchev–Trinajstić information content (AvgIpc) is 2.64. The molecular formula is C10H18N4O. The zero-order valence-corrected chi connectivity index (χ0v) is 9.29. The predicted molar refractivity (Wildman–Crippen MR) is 58.7 cm³/mol. The van der Waals surface area contributed by atoms with Gasteiger partial charge in [0.25, 0.3) is 5.91 Å². The van der Waals surface area contributed by atoms with Crippen molar-refractivity contribution in [1.82, 2.24) is 20.2 Å². The quantitative estimate of drug-likeness (QED) is 0.657. The third-order valence-corrected chi connectivity index (χ3v) is 2.12. The number of amides is 1. The lowest BCUT2D eigenvalue weighted by Crippen LogP contribution is -2.28. The van der Waals surface area contributed by atoms with Crippen LogP contribution in [0.2, 0.25) is 0 Å². The van der Waals surface area contributed by atoms with Crippen LogP contribution in [0.1, 0.15) is 23.8 Å². The van der Waals surface area contributed by atoms with Gasteiger partial charge in [0.2, 0.25) is 0 Å². The van der Waals surface area contributed by atoms with E-state index < -0.39 is 0 Å². The van der Waals surface area contributed by atoms with Crippen LogP contribution in [-0.2, 0) is 7.05 Å². The van der Waals surface area contributed by atoms with E-state index in [0.717, 1.165) is 19.5 Å². The Morgan fingerprint density at radius 1 is 1.53 bits per heavy atom. The Hall–Kier alpha value is -1.36. The SMILES string of the molecule is CCNCCCNC(=O)c1cncn1C. The molecule has 0 radical (unpaired) electrons. The maximum Gasteiger partial charge on any atom is 0.269 e. The number of carbonyl (C=O) groups excluding carboxylic acids is 1. The molecule has 0 fully saturated rings. The monoisotopic (exact) mass is 210 g/mol. The minimum Gasteiger partial charge on any atom is -0.351 e. The Morgan fingerprint density at radius 2 is 2.33 bits per heavy atom. The van der Waals surface area contributed by atoms with Crippen molar-refractivity contribution in [1.29, 1.82) is 0 Å². The molecule has 0 unspecified atom stereocenters.